The van der Waals surface area contributed by atoms with Crippen LogP contribution in [0.2, 0.25) is 0 Å². The molecule has 0 radical (unpaired) electrons. The standard InChI is InChI=1S/C10H15N5O3/c16-9(7-15-8-11-12-13-15)14-3-1-10(2-4-14)17-5-6-18-10/h8H,1-7H2. The van der Waals surface area contributed by atoms with Crippen LogP contribution in [0.5, 0.6) is 0 Å². The number of piperidine rings is 1. The van der Waals surface area contributed by atoms with E-state index in [0.717, 1.165) is 12.8 Å². The quantitative estimate of drug-likeness (QED) is 0.675. The number of likely N-dealkylation sites (tertiary alicyclic amines) is 1. The molecule has 18 heavy (non-hydrogen) atoms. The largest absolute Gasteiger partial charge is 0.347 e. The van der Waals surface area contributed by atoms with Crippen molar-refractivity contribution in [1.82, 2.24) is 25.1 Å². The van der Waals surface area contributed by atoms with Crippen molar-refractivity contribution in [3.8, 4) is 0 Å². The van der Waals surface area contributed by atoms with Gasteiger partial charge in [0, 0.05) is 25.9 Å². The lowest BCUT2D eigenvalue weighted by Gasteiger charge is -2.37. The number of carbonyl (C=O) groups excluding carboxylic acids is 1. The molecule has 1 aromatic rings. The molecule has 0 bridgehead atoms. The van der Waals surface area contributed by atoms with Crippen LogP contribution in [0, 0.1) is 0 Å². The van der Waals surface area contributed by atoms with Gasteiger partial charge in [0.15, 0.2) is 5.79 Å². The van der Waals surface area contributed by atoms with Crippen LogP contribution < -0.4 is 0 Å². The summed E-state index contributed by atoms with van der Waals surface area (Å²) in [6.07, 6.45) is 2.90. The second-order valence-electron chi connectivity index (χ2n) is 4.50. The summed E-state index contributed by atoms with van der Waals surface area (Å²) in [5.41, 5.74) is 0. The van der Waals surface area contributed by atoms with Crippen LogP contribution in [0.15, 0.2) is 6.33 Å². The summed E-state index contributed by atoms with van der Waals surface area (Å²) in [7, 11) is 0. The highest BCUT2D eigenvalue weighted by Crippen LogP contribution is 2.31. The van der Waals surface area contributed by atoms with Crippen molar-refractivity contribution in [2.45, 2.75) is 25.2 Å². The molecule has 2 saturated heterocycles. The molecule has 98 valence electrons. The lowest BCUT2D eigenvalue weighted by Crippen LogP contribution is -2.48. The zero-order valence-corrected chi connectivity index (χ0v) is 9.99. The minimum Gasteiger partial charge on any atom is -0.347 e. The van der Waals surface area contributed by atoms with Crippen molar-refractivity contribution in [3.05, 3.63) is 6.33 Å². The molecule has 1 amide bonds. The van der Waals surface area contributed by atoms with Crippen LogP contribution >= 0.6 is 0 Å². The highest BCUT2D eigenvalue weighted by molar-refractivity contribution is 5.75. The number of amides is 1. The third kappa shape index (κ3) is 2.21. The van der Waals surface area contributed by atoms with Gasteiger partial charge in [0.05, 0.1) is 13.2 Å². The lowest BCUT2D eigenvalue weighted by molar-refractivity contribution is -0.187. The highest BCUT2D eigenvalue weighted by Gasteiger charge is 2.40. The number of hydrogen-bond acceptors (Lipinski definition) is 6. The first-order chi connectivity index (χ1) is 8.77. The molecule has 1 spiro atoms. The molecule has 0 N–H and O–H groups in total. The molecule has 0 aromatic carbocycles. The first-order valence-corrected chi connectivity index (χ1v) is 6.04. The van der Waals surface area contributed by atoms with E-state index in [4.69, 9.17) is 9.47 Å². The van der Waals surface area contributed by atoms with Crippen LogP contribution in [0.25, 0.3) is 0 Å². The van der Waals surface area contributed by atoms with Crippen molar-refractivity contribution >= 4 is 5.91 Å². The van der Waals surface area contributed by atoms with Gasteiger partial charge in [0.25, 0.3) is 0 Å². The summed E-state index contributed by atoms with van der Waals surface area (Å²) in [5, 5.41) is 10.7. The van der Waals surface area contributed by atoms with Crippen LogP contribution in [-0.2, 0) is 20.8 Å². The average Bonchev–Trinajstić information content (AvgIpc) is 3.03. The van der Waals surface area contributed by atoms with E-state index in [2.05, 4.69) is 15.5 Å². The molecule has 0 saturated carbocycles. The maximum absolute atomic E-state index is 12.0. The van der Waals surface area contributed by atoms with Gasteiger partial charge in [-0.3, -0.25) is 4.79 Å². The van der Waals surface area contributed by atoms with E-state index in [9.17, 15) is 4.79 Å². The lowest BCUT2D eigenvalue weighted by atomic mass is 10.0. The normalized spacial score (nSPS) is 22.6. The van der Waals surface area contributed by atoms with Crippen LogP contribution in [0.4, 0.5) is 0 Å². The summed E-state index contributed by atoms with van der Waals surface area (Å²) in [6, 6.07) is 0. The number of rotatable bonds is 2. The van der Waals surface area contributed by atoms with E-state index in [1.54, 1.807) is 4.90 Å². The molecule has 8 heteroatoms. The monoisotopic (exact) mass is 253 g/mol. The Morgan fingerprint density at radius 2 is 2.00 bits per heavy atom. The Hall–Kier alpha value is -1.54. The SMILES string of the molecule is O=C(Cn1cnnn1)N1CCC2(CC1)OCCO2. The first-order valence-electron chi connectivity index (χ1n) is 6.04. The van der Waals surface area contributed by atoms with E-state index < -0.39 is 5.79 Å². The van der Waals surface area contributed by atoms with Gasteiger partial charge in [-0.05, 0) is 10.4 Å². The smallest absolute Gasteiger partial charge is 0.244 e. The molecule has 2 fully saturated rings. The van der Waals surface area contributed by atoms with E-state index in [1.807, 2.05) is 0 Å². The van der Waals surface area contributed by atoms with Crippen molar-refractivity contribution in [2.75, 3.05) is 26.3 Å². The maximum atomic E-state index is 12.0. The minimum atomic E-state index is -0.439. The zero-order chi connectivity index (χ0) is 12.4. The van der Waals surface area contributed by atoms with Gasteiger partial charge in [-0.15, -0.1) is 5.10 Å². The molecule has 3 rings (SSSR count). The maximum Gasteiger partial charge on any atom is 0.244 e. The minimum absolute atomic E-state index is 0.0233. The average molecular weight is 253 g/mol. The number of carbonyl (C=O) groups is 1. The highest BCUT2D eigenvalue weighted by atomic mass is 16.7. The summed E-state index contributed by atoms with van der Waals surface area (Å²) in [4.78, 5) is 13.8. The third-order valence-corrected chi connectivity index (χ3v) is 3.38. The Labute approximate surface area is 104 Å². The van der Waals surface area contributed by atoms with Gasteiger partial charge in [0.2, 0.25) is 5.91 Å². The molecular formula is C10H15N5O3. The fourth-order valence-electron chi connectivity index (χ4n) is 2.37. The Bertz CT molecular complexity index is 405. The van der Waals surface area contributed by atoms with Gasteiger partial charge in [-0.1, -0.05) is 0 Å². The molecular weight excluding hydrogens is 238 g/mol. The van der Waals surface area contributed by atoms with Gasteiger partial charge < -0.3 is 14.4 Å². The molecule has 2 aliphatic heterocycles. The van der Waals surface area contributed by atoms with Crippen molar-refractivity contribution < 1.29 is 14.3 Å². The number of tetrazole rings is 1. The molecule has 8 nitrogen and oxygen atoms in total. The molecule has 0 unspecified atom stereocenters. The predicted octanol–water partition coefficient (Wildman–Crippen LogP) is -0.961. The molecule has 3 heterocycles. The summed E-state index contributed by atoms with van der Waals surface area (Å²) >= 11 is 0. The van der Waals surface area contributed by atoms with E-state index >= 15 is 0 Å². The summed E-state index contributed by atoms with van der Waals surface area (Å²) in [5.74, 6) is -0.416. The van der Waals surface area contributed by atoms with Gasteiger partial charge in [-0.25, -0.2) is 4.68 Å². The van der Waals surface area contributed by atoms with E-state index in [-0.39, 0.29) is 12.5 Å². The Morgan fingerprint density at radius 3 is 2.61 bits per heavy atom. The van der Waals surface area contributed by atoms with Crippen LogP contribution in [-0.4, -0.2) is 63.1 Å². The van der Waals surface area contributed by atoms with Gasteiger partial charge in [0.1, 0.15) is 12.9 Å². The number of aromatic nitrogens is 4. The van der Waals surface area contributed by atoms with Gasteiger partial charge >= 0.3 is 0 Å². The van der Waals surface area contributed by atoms with Gasteiger partial charge in [-0.2, -0.15) is 0 Å². The number of hydrogen-bond donors (Lipinski definition) is 0. The van der Waals surface area contributed by atoms with Crippen molar-refractivity contribution in [1.29, 1.82) is 0 Å². The first kappa shape index (κ1) is 11.5. The van der Waals surface area contributed by atoms with Crippen LogP contribution in [0.3, 0.4) is 0 Å². The second-order valence-corrected chi connectivity index (χ2v) is 4.50. The zero-order valence-electron chi connectivity index (χ0n) is 9.99. The number of nitrogens with zero attached hydrogens (tertiary/aromatic N) is 5. The Kier molecular flexibility index (Phi) is 2.96. The fourth-order valence-corrected chi connectivity index (χ4v) is 2.37. The van der Waals surface area contributed by atoms with Crippen molar-refractivity contribution in [3.63, 3.8) is 0 Å². The third-order valence-electron chi connectivity index (χ3n) is 3.38. The summed E-state index contributed by atoms with van der Waals surface area (Å²) < 4.78 is 12.7. The molecule has 0 atom stereocenters. The predicted molar refractivity (Wildman–Crippen MR) is 58.3 cm³/mol. The van der Waals surface area contributed by atoms with E-state index in [1.165, 1.54) is 11.0 Å². The molecule has 2 aliphatic rings. The summed E-state index contributed by atoms with van der Waals surface area (Å²) in [6.45, 7) is 2.79. The fraction of sp³-hybridized carbons (Fsp3) is 0.800. The van der Waals surface area contributed by atoms with Crippen LogP contribution in [0.1, 0.15) is 12.8 Å². The van der Waals surface area contributed by atoms with E-state index in [0.29, 0.717) is 26.3 Å². The number of ether oxygens (including phenoxy) is 2. The Balaban J connectivity index is 1.54. The van der Waals surface area contributed by atoms with Crippen molar-refractivity contribution in [2.24, 2.45) is 0 Å². The molecule has 0 aliphatic carbocycles. The Morgan fingerprint density at radius 1 is 1.28 bits per heavy atom. The molecule has 1 aromatic heterocycles. The second kappa shape index (κ2) is 4.62. The topological polar surface area (TPSA) is 82.4 Å².